The summed E-state index contributed by atoms with van der Waals surface area (Å²) in [6.07, 6.45) is 0. The summed E-state index contributed by atoms with van der Waals surface area (Å²) in [7, 11) is -13.0. The van der Waals surface area contributed by atoms with Crippen molar-refractivity contribution >= 4 is 114 Å². The molecule has 0 bridgehead atoms. The molecule has 29 heteroatoms. The van der Waals surface area contributed by atoms with Gasteiger partial charge in [-0.3, -0.25) is 9.11 Å². The standard InChI is InChI=1S/C32H24N8O15S5.Cu/c1-53-24-12-21(36-39-30-28(60(50,51)52)6-14-5-27(59(47,48)49)20(34)10-18(14)31(30)42)23(41)11-22(24)37-40-32-15(13-33)7-29(56-32)38-35-16-8-19-17(26(9-16)58(44,45)46)3-2-4-25(19)57-55-54-43;/h2-12,41-43,50-52H,34H2,1H3,(H,44,45,46)(H,47,48,49);. The summed E-state index contributed by atoms with van der Waals surface area (Å²) < 4.78 is 107. The molecular weight excluding hydrogens is 960 g/mol. The molecule has 6 aromatic rings. The molecule has 0 aliphatic carbocycles. The van der Waals surface area contributed by atoms with E-state index in [0.717, 1.165) is 47.7 Å². The second-order valence-corrected chi connectivity index (χ2v) is 17.7. The Morgan fingerprint density at radius 3 is 2.10 bits per heavy atom. The van der Waals surface area contributed by atoms with Crippen LogP contribution in [-0.2, 0) is 46.7 Å². The van der Waals surface area contributed by atoms with Gasteiger partial charge in [0, 0.05) is 50.3 Å². The molecule has 1 heterocycles. The molecule has 323 valence electrons. The number of nitrogen functional groups attached to an aromatic ring is 1. The maximum absolute atomic E-state index is 12.2. The van der Waals surface area contributed by atoms with Crippen LogP contribution in [-0.4, -0.2) is 62.2 Å². The summed E-state index contributed by atoms with van der Waals surface area (Å²) in [5.74, 6) is -1.52. The van der Waals surface area contributed by atoms with Gasteiger partial charge in [-0.05, 0) is 47.9 Å². The average Bonchev–Trinajstić information content (AvgIpc) is 3.59. The van der Waals surface area contributed by atoms with Crippen molar-refractivity contribution in [3.8, 4) is 23.3 Å². The van der Waals surface area contributed by atoms with Crippen molar-refractivity contribution in [1.82, 2.24) is 0 Å². The number of nitriles is 1. The van der Waals surface area contributed by atoms with E-state index >= 15 is 0 Å². The molecule has 0 fully saturated rings. The van der Waals surface area contributed by atoms with Gasteiger partial charge in [0.2, 0.25) is 0 Å². The van der Waals surface area contributed by atoms with E-state index in [2.05, 4.69) is 40.1 Å². The molecule has 5 aromatic carbocycles. The monoisotopic (exact) mass is 983 g/mol. The smallest absolute Gasteiger partial charge is 0.296 e. The predicted octanol–water partition coefficient (Wildman–Crippen LogP) is 9.68. The Labute approximate surface area is 362 Å². The van der Waals surface area contributed by atoms with Crippen LogP contribution in [0, 0.1) is 11.3 Å². The summed E-state index contributed by atoms with van der Waals surface area (Å²) in [6.45, 7) is 0. The van der Waals surface area contributed by atoms with Gasteiger partial charge in [-0.2, -0.15) is 22.1 Å². The van der Waals surface area contributed by atoms with E-state index in [9.17, 15) is 55.1 Å². The van der Waals surface area contributed by atoms with Crippen LogP contribution >= 0.6 is 34.3 Å². The number of rotatable bonds is 13. The largest absolute Gasteiger partial charge is 0.506 e. The minimum atomic E-state index is -4.84. The van der Waals surface area contributed by atoms with Crippen molar-refractivity contribution in [3.63, 3.8) is 0 Å². The molecule has 61 heavy (non-hydrogen) atoms. The van der Waals surface area contributed by atoms with Gasteiger partial charge in [-0.25, -0.2) is 5.26 Å². The predicted molar refractivity (Wildman–Crippen MR) is 214 cm³/mol. The Morgan fingerprint density at radius 1 is 0.770 bits per heavy atom. The van der Waals surface area contributed by atoms with Gasteiger partial charge in [0.15, 0.2) is 10.8 Å². The molecule has 0 aliphatic heterocycles. The van der Waals surface area contributed by atoms with Crippen LogP contribution < -0.4 is 10.5 Å². The van der Waals surface area contributed by atoms with Gasteiger partial charge in [0.1, 0.15) is 60.3 Å². The summed E-state index contributed by atoms with van der Waals surface area (Å²) >= 11 is 1.38. The summed E-state index contributed by atoms with van der Waals surface area (Å²) in [5, 5.41) is 67.7. The molecule has 0 saturated heterocycles. The fraction of sp³-hybridized carbons (Fsp3) is 0.0312. The van der Waals surface area contributed by atoms with Gasteiger partial charge in [0.05, 0.1) is 41.0 Å². The fourth-order valence-electron chi connectivity index (χ4n) is 5.38. The molecule has 0 aliphatic rings. The maximum atomic E-state index is 12.2. The first-order valence-corrected chi connectivity index (χ1v) is 21.6. The second-order valence-electron chi connectivity index (χ2n) is 11.7. The number of nitrogens with two attached hydrogens (primary N) is 1. The normalized spacial score (nSPS) is 12.8. The Bertz CT molecular complexity index is 3080. The number of phenols is 2. The first kappa shape index (κ1) is 46.7. The van der Waals surface area contributed by atoms with Crippen molar-refractivity contribution in [1.29, 1.82) is 5.26 Å². The molecule has 0 saturated carbocycles. The summed E-state index contributed by atoms with van der Waals surface area (Å²) in [6, 6.07) is 14.9. The summed E-state index contributed by atoms with van der Waals surface area (Å²) in [5.41, 5.74) is 4.04. The minimum absolute atomic E-state index is 0. The number of fused-ring (bicyclic) bond motifs is 2. The quantitative estimate of drug-likeness (QED) is 0.00988. The van der Waals surface area contributed by atoms with Crippen molar-refractivity contribution in [3.05, 3.63) is 72.3 Å². The third-order valence-electron chi connectivity index (χ3n) is 7.96. The topological polar surface area (TPSA) is 382 Å². The van der Waals surface area contributed by atoms with Gasteiger partial charge >= 0.3 is 0 Å². The van der Waals surface area contributed by atoms with Crippen molar-refractivity contribution in [2.75, 3.05) is 12.8 Å². The first-order chi connectivity index (χ1) is 28.2. The number of benzene rings is 5. The van der Waals surface area contributed by atoms with Crippen LogP contribution in [0.1, 0.15) is 5.56 Å². The molecule has 1 radical (unpaired) electrons. The van der Waals surface area contributed by atoms with Crippen LogP contribution in [0.4, 0.5) is 38.4 Å². The van der Waals surface area contributed by atoms with E-state index in [0.29, 0.717) is 12.0 Å². The number of nitrogens with zero attached hydrogens (tertiary/aromatic N) is 7. The molecule has 0 spiro atoms. The first-order valence-electron chi connectivity index (χ1n) is 15.7. The van der Waals surface area contributed by atoms with E-state index in [1.165, 1.54) is 37.4 Å². The Hall–Kier alpha value is -5.39. The number of methoxy groups -OCH3 is 1. The third-order valence-corrected chi connectivity index (χ3v) is 12.2. The number of thiophene rings is 1. The van der Waals surface area contributed by atoms with E-state index in [1.807, 2.05) is 6.07 Å². The number of phenolic OH excluding ortho intramolecular Hbond substituents is 2. The van der Waals surface area contributed by atoms with Crippen molar-refractivity contribution in [2.45, 2.75) is 19.6 Å². The number of azo groups is 3. The molecule has 0 atom stereocenters. The Kier molecular flexibility index (Phi) is 14.0. The maximum Gasteiger partial charge on any atom is 0.296 e. The second kappa shape index (κ2) is 18.3. The van der Waals surface area contributed by atoms with Gasteiger partial charge in [-0.15, -0.1) is 35.0 Å². The zero-order chi connectivity index (χ0) is 43.7. The number of ether oxygens (including phenoxy) is 1. The Morgan fingerprint density at radius 2 is 1.46 bits per heavy atom. The van der Waals surface area contributed by atoms with Crippen LogP contribution in [0.2, 0.25) is 0 Å². The van der Waals surface area contributed by atoms with E-state index in [1.54, 1.807) is 0 Å². The minimum Gasteiger partial charge on any atom is -0.506 e. The van der Waals surface area contributed by atoms with Crippen LogP contribution in [0.15, 0.2) is 117 Å². The summed E-state index contributed by atoms with van der Waals surface area (Å²) in [4.78, 5) is -1.80. The van der Waals surface area contributed by atoms with E-state index in [-0.39, 0.29) is 81.9 Å². The van der Waals surface area contributed by atoms with Gasteiger partial charge < -0.3 is 34.3 Å². The number of aromatic hydroxyl groups is 2. The number of anilines is 1. The van der Waals surface area contributed by atoms with E-state index < -0.39 is 68.7 Å². The number of hydrogen-bond acceptors (Lipinski definition) is 23. The van der Waals surface area contributed by atoms with Gasteiger partial charge in [-0.1, -0.05) is 28.5 Å². The molecule has 0 unspecified atom stereocenters. The molecule has 1 aromatic heterocycles. The van der Waals surface area contributed by atoms with Gasteiger partial charge in [0.25, 0.3) is 20.2 Å². The molecule has 0 amide bonds. The van der Waals surface area contributed by atoms with Crippen molar-refractivity contribution in [2.24, 2.45) is 30.7 Å². The Balaban J connectivity index is 0.00000704. The van der Waals surface area contributed by atoms with Crippen LogP contribution in [0.5, 0.6) is 17.2 Å². The molecule has 23 nitrogen and oxygen atoms in total. The molecule has 6 rings (SSSR count). The van der Waals surface area contributed by atoms with Crippen molar-refractivity contribution < 1.29 is 86.2 Å². The van der Waals surface area contributed by atoms with Crippen LogP contribution in [0.25, 0.3) is 21.5 Å². The van der Waals surface area contributed by atoms with E-state index in [4.69, 9.17) is 15.7 Å². The molecule has 10 N–H and O–H groups in total. The SMILES string of the molecule is COc1cc(N=Nc2c(S(O)(O)O)cc3cc(S(=O)(=O)O)c(N)cc3c2O)c(O)cc1N=Nc1sc(N=Nc2cc(S(=O)(=O)O)c3cccc(SOOO)c3c2)cc1C#N.[Cu]. The fourth-order valence-corrected chi connectivity index (χ4v) is 8.66. The zero-order valence-electron chi connectivity index (χ0n) is 29.8. The van der Waals surface area contributed by atoms with Crippen LogP contribution in [0.3, 0.4) is 0 Å². The number of hydrogen-bond donors (Lipinski definition) is 9. The third kappa shape index (κ3) is 10.2. The zero-order valence-corrected chi connectivity index (χ0v) is 34.9. The molecular formula is C32H24CuN8O15S5. The average molecular weight is 984 g/mol.